The zero-order chi connectivity index (χ0) is 22.7. The Bertz CT molecular complexity index is 1220. The fraction of sp³-hybridized carbons (Fsp3) is 0.231. The van der Waals surface area contributed by atoms with Gasteiger partial charge in [-0.05, 0) is 59.5 Å². The molecule has 164 valence electrons. The Balaban J connectivity index is 1.42. The molecule has 0 aliphatic heterocycles. The lowest BCUT2D eigenvalue weighted by Gasteiger charge is -2.18. The van der Waals surface area contributed by atoms with Crippen molar-refractivity contribution in [3.63, 3.8) is 0 Å². The standard InChI is InChI=1S/C26H26N2O4/c1-26(2,3)18-7-5-17(6-8-18)25-28-22-14-9-19(15-23(22)32-25)27-24(29)16-31-21-12-10-20(30-4)11-13-21/h5-15H,16H2,1-4H3,(H,27,29). The van der Waals surface area contributed by atoms with E-state index in [1.165, 1.54) is 5.56 Å². The molecule has 0 radical (unpaired) electrons. The van der Waals surface area contributed by atoms with Gasteiger partial charge in [0.05, 0.1) is 7.11 Å². The summed E-state index contributed by atoms with van der Waals surface area (Å²) in [6.07, 6.45) is 0. The monoisotopic (exact) mass is 430 g/mol. The van der Waals surface area contributed by atoms with Gasteiger partial charge < -0.3 is 19.2 Å². The molecule has 0 saturated heterocycles. The molecule has 1 amide bonds. The summed E-state index contributed by atoms with van der Waals surface area (Å²) in [7, 11) is 1.60. The zero-order valence-corrected chi connectivity index (χ0v) is 18.6. The minimum absolute atomic E-state index is 0.0873. The lowest BCUT2D eigenvalue weighted by molar-refractivity contribution is -0.118. The number of hydrogen-bond acceptors (Lipinski definition) is 5. The van der Waals surface area contributed by atoms with Crippen molar-refractivity contribution in [3.8, 4) is 23.0 Å². The number of aromatic nitrogens is 1. The smallest absolute Gasteiger partial charge is 0.262 e. The van der Waals surface area contributed by atoms with E-state index in [0.29, 0.717) is 22.9 Å². The van der Waals surface area contributed by atoms with Crippen LogP contribution in [0.5, 0.6) is 11.5 Å². The minimum atomic E-state index is -0.266. The summed E-state index contributed by atoms with van der Waals surface area (Å²) >= 11 is 0. The molecule has 1 aromatic heterocycles. The van der Waals surface area contributed by atoms with E-state index in [9.17, 15) is 4.79 Å². The fourth-order valence-electron chi connectivity index (χ4n) is 3.26. The first kappa shape index (κ1) is 21.4. The van der Waals surface area contributed by atoms with Crippen molar-refractivity contribution in [3.05, 3.63) is 72.3 Å². The van der Waals surface area contributed by atoms with Crippen molar-refractivity contribution >= 4 is 22.7 Å². The predicted octanol–water partition coefficient (Wildman–Crippen LogP) is 5.82. The van der Waals surface area contributed by atoms with E-state index >= 15 is 0 Å². The number of hydrogen-bond donors (Lipinski definition) is 1. The molecule has 1 heterocycles. The molecule has 0 aliphatic carbocycles. The maximum Gasteiger partial charge on any atom is 0.262 e. The number of methoxy groups -OCH3 is 1. The molecule has 0 fully saturated rings. The number of fused-ring (bicyclic) bond motifs is 1. The van der Waals surface area contributed by atoms with Crippen molar-refractivity contribution in [1.29, 1.82) is 0 Å². The third kappa shape index (κ3) is 4.91. The highest BCUT2D eigenvalue weighted by atomic mass is 16.5. The van der Waals surface area contributed by atoms with Crippen LogP contribution in [0.2, 0.25) is 0 Å². The van der Waals surface area contributed by atoms with Gasteiger partial charge in [-0.1, -0.05) is 32.9 Å². The number of amides is 1. The van der Waals surface area contributed by atoms with E-state index in [0.717, 1.165) is 16.8 Å². The van der Waals surface area contributed by atoms with Crippen molar-refractivity contribution in [2.75, 3.05) is 19.0 Å². The van der Waals surface area contributed by atoms with Gasteiger partial charge in [0.2, 0.25) is 5.89 Å². The van der Waals surface area contributed by atoms with Gasteiger partial charge in [0, 0.05) is 17.3 Å². The molecule has 6 heteroatoms. The van der Waals surface area contributed by atoms with Crippen LogP contribution in [0.4, 0.5) is 5.69 Å². The molecule has 0 unspecified atom stereocenters. The first-order chi connectivity index (χ1) is 15.3. The molecule has 32 heavy (non-hydrogen) atoms. The summed E-state index contributed by atoms with van der Waals surface area (Å²) in [5.41, 5.74) is 4.20. The van der Waals surface area contributed by atoms with Gasteiger partial charge in [0.25, 0.3) is 5.91 Å². The van der Waals surface area contributed by atoms with E-state index in [-0.39, 0.29) is 17.9 Å². The number of anilines is 1. The molecule has 4 aromatic rings. The Morgan fingerprint density at radius 1 is 0.969 bits per heavy atom. The van der Waals surface area contributed by atoms with Crippen molar-refractivity contribution in [2.24, 2.45) is 0 Å². The quantitative estimate of drug-likeness (QED) is 0.417. The van der Waals surface area contributed by atoms with E-state index in [1.54, 1.807) is 43.5 Å². The Labute approximate surface area is 187 Å². The minimum Gasteiger partial charge on any atom is -0.497 e. The summed E-state index contributed by atoms with van der Waals surface area (Å²) in [5.74, 6) is 1.60. The number of oxazole rings is 1. The molecule has 3 aromatic carbocycles. The third-order valence-corrected chi connectivity index (χ3v) is 5.10. The number of rotatable bonds is 6. The van der Waals surface area contributed by atoms with Crippen LogP contribution in [0.15, 0.2) is 71.1 Å². The molecule has 4 rings (SSSR count). The first-order valence-corrected chi connectivity index (χ1v) is 10.4. The molecule has 0 spiro atoms. The highest BCUT2D eigenvalue weighted by Gasteiger charge is 2.15. The summed E-state index contributed by atoms with van der Waals surface area (Å²) < 4.78 is 16.6. The van der Waals surface area contributed by atoms with Crippen molar-refractivity contribution in [2.45, 2.75) is 26.2 Å². The van der Waals surface area contributed by atoms with Gasteiger partial charge in [0.1, 0.15) is 17.0 Å². The van der Waals surface area contributed by atoms with Gasteiger partial charge in [0.15, 0.2) is 12.2 Å². The molecule has 0 bridgehead atoms. The number of benzene rings is 3. The fourth-order valence-corrected chi connectivity index (χ4v) is 3.26. The van der Waals surface area contributed by atoms with Crippen LogP contribution in [0.25, 0.3) is 22.6 Å². The average Bonchev–Trinajstić information content (AvgIpc) is 3.21. The van der Waals surface area contributed by atoms with Crippen LogP contribution < -0.4 is 14.8 Å². The van der Waals surface area contributed by atoms with E-state index in [2.05, 4.69) is 43.2 Å². The molecule has 6 nitrogen and oxygen atoms in total. The lowest BCUT2D eigenvalue weighted by Crippen LogP contribution is -2.20. The summed E-state index contributed by atoms with van der Waals surface area (Å²) in [5, 5.41) is 2.82. The highest BCUT2D eigenvalue weighted by Crippen LogP contribution is 2.29. The summed E-state index contributed by atoms with van der Waals surface area (Å²) in [6.45, 7) is 6.43. The maximum absolute atomic E-state index is 12.3. The highest BCUT2D eigenvalue weighted by molar-refractivity contribution is 5.93. The van der Waals surface area contributed by atoms with Gasteiger partial charge in [-0.3, -0.25) is 4.79 Å². The average molecular weight is 431 g/mol. The Hall–Kier alpha value is -3.80. The maximum atomic E-state index is 12.3. The van der Waals surface area contributed by atoms with Crippen molar-refractivity contribution < 1.29 is 18.7 Å². The molecule has 1 N–H and O–H groups in total. The number of ether oxygens (including phenoxy) is 2. The summed E-state index contributed by atoms with van der Waals surface area (Å²) in [4.78, 5) is 16.8. The van der Waals surface area contributed by atoms with Crippen molar-refractivity contribution in [1.82, 2.24) is 4.98 Å². The van der Waals surface area contributed by atoms with Crippen LogP contribution in [-0.2, 0) is 10.2 Å². The van der Waals surface area contributed by atoms with Crippen LogP contribution in [0.1, 0.15) is 26.3 Å². The third-order valence-electron chi connectivity index (χ3n) is 5.10. The number of carbonyl (C=O) groups excluding carboxylic acids is 1. The predicted molar refractivity (Wildman–Crippen MR) is 125 cm³/mol. The number of nitrogens with zero attached hydrogens (tertiary/aromatic N) is 1. The van der Waals surface area contributed by atoms with Gasteiger partial charge in [-0.15, -0.1) is 0 Å². The molecular formula is C26H26N2O4. The van der Waals surface area contributed by atoms with Gasteiger partial charge in [-0.25, -0.2) is 4.98 Å². The zero-order valence-electron chi connectivity index (χ0n) is 18.6. The second-order valence-electron chi connectivity index (χ2n) is 8.54. The summed E-state index contributed by atoms with van der Waals surface area (Å²) in [6, 6.07) is 20.7. The molecule has 0 saturated carbocycles. The SMILES string of the molecule is COc1ccc(OCC(=O)Nc2ccc3nc(-c4ccc(C(C)(C)C)cc4)oc3c2)cc1. The van der Waals surface area contributed by atoms with Gasteiger partial charge in [-0.2, -0.15) is 0 Å². The lowest BCUT2D eigenvalue weighted by atomic mass is 9.87. The Kier molecular flexibility index (Phi) is 5.86. The Morgan fingerprint density at radius 2 is 1.66 bits per heavy atom. The second kappa shape index (κ2) is 8.75. The number of nitrogens with one attached hydrogen (secondary N) is 1. The van der Waals surface area contributed by atoms with Crippen LogP contribution >= 0.6 is 0 Å². The van der Waals surface area contributed by atoms with Crippen LogP contribution in [0.3, 0.4) is 0 Å². The first-order valence-electron chi connectivity index (χ1n) is 10.4. The van der Waals surface area contributed by atoms with E-state index in [1.807, 2.05) is 18.2 Å². The van der Waals surface area contributed by atoms with E-state index < -0.39 is 0 Å². The van der Waals surface area contributed by atoms with Gasteiger partial charge >= 0.3 is 0 Å². The Morgan fingerprint density at radius 3 is 2.31 bits per heavy atom. The van der Waals surface area contributed by atoms with E-state index in [4.69, 9.17) is 13.9 Å². The topological polar surface area (TPSA) is 73.6 Å². The second-order valence-corrected chi connectivity index (χ2v) is 8.54. The largest absolute Gasteiger partial charge is 0.497 e. The molecule has 0 atom stereocenters. The number of carbonyl (C=O) groups is 1. The van der Waals surface area contributed by atoms with Crippen LogP contribution in [-0.4, -0.2) is 24.6 Å². The van der Waals surface area contributed by atoms with Crippen LogP contribution in [0, 0.1) is 0 Å². The normalized spacial score (nSPS) is 11.4. The molecular weight excluding hydrogens is 404 g/mol. The molecule has 0 aliphatic rings.